The Hall–Kier alpha value is -3.09. The zero-order valence-corrected chi connectivity index (χ0v) is 18.2. The molecule has 3 aromatic heterocycles. The molecular weight excluding hydrogens is 380 g/mol. The number of furan rings is 1. The highest BCUT2D eigenvalue weighted by molar-refractivity contribution is 5.93. The van der Waals surface area contributed by atoms with Crippen molar-refractivity contribution in [2.45, 2.75) is 60.0 Å². The van der Waals surface area contributed by atoms with Crippen molar-refractivity contribution in [2.75, 3.05) is 6.54 Å². The van der Waals surface area contributed by atoms with E-state index in [0.717, 1.165) is 47.7 Å². The number of aromatic nitrogens is 3. The molecule has 1 atom stereocenters. The third kappa shape index (κ3) is 3.49. The SMILES string of the molecule is CC(C)=CCn1c(-c2cc(C)oc2C)cn2cc(C(=O)N3CCC[C@H]3C)nc2c1=O. The van der Waals surface area contributed by atoms with Gasteiger partial charge in [0.25, 0.3) is 11.5 Å². The molecule has 1 aliphatic heterocycles. The summed E-state index contributed by atoms with van der Waals surface area (Å²) in [5.41, 5.74) is 3.07. The first kappa shape index (κ1) is 20.2. The summed E-state index contributed by atoms with van der Waals surface area (Å²) in [6.07, 6.45) is 7.53. The molecule has 7 heteroatoms. The first-order valence-electron chi connectivity index (χ1n) is 10.4. The maximum atomic E-state index is 13.4. The Balaban J connectivity index is 1.88. The Morgan fingerprint density at radius 1 is 1.30 bits per heavy atom. The second-order valence-corrected chi connectivity index (χ2v) is 8.39. The zero-order valence-electron chi connectivity index (χ0n) is 18.2. The van der Waals surface area contributed by atoms with Gasteiger partial charge in [0.2, 0.25) is 5.65 Å². The molecule has 0 radical (unpaired) electrons. The second-order valence-electron chi connectivity index (χ2n) is 8.39. The van der Waals surface area contributed by atoms with Gasteiger partial charge in [0.05, 0.1) is 5.69 Å². The number of amides is 1. The van der Waals surface area contributed by atoms with E-state index in [4.69, 9.17) is 4.42 Å². The maximum Gasteiger partial charge on any atom is 0.295 e. The van der Waals surface area contributed by atoms with Gasteiger partial charge in [0, 0.05) is 37.1 Å². The molecule has 0 saturated carbocycles. The number of allylic oxidation sites excluding steroid dienone is 2. The molecule has 0 spiro atoms. The summed E-state index contributed by atoms with van der Waals surface area (Å²) in [5, 5.41) is 0. The summed E-state index contributed by atoms with van der Waals surface area (Å²) in [4.78, 5) is 32.6. The first-order chi connectivity index (χ1) is 14.3. The minimum Gasteiger partial charge on any atom is -0.466 e. The highest BCUT2D eigenvalue weighted by atomic mass is 16.3. The lowest BCUT2D eigenvalue weighted by atomic mass is 10.1. The van der Waals surface area contributed by atoms with Crippen LogP contribution in [0, 0.1) is 13.8 Å². The number of carbonyl (C=O) groups excluding carboxylic acids is 1. The second kappa shape index (κ2) is 7.63. The van der Waals surface area contributed by atoms with Crippen LogP contribution >= 0.6 is 0 Å². The molecule has 0 N–H and O–H groups in total. The Bertz CT molecular complexity index is 1210. The van der Waals surface area contributed by atoms with Crippen LogP contribution in [-0.2, 0) is 6.54 Å². The van der Waals surface area contributed by atoms with Crippen molar-refractivity contribution in [3.8, 4) is 11.3 Å². The van der Waals surface area contributed by atoms with Crippen LogP contribution in [0.4, 0.5) is 0 Å². The molecule has 1 saturated heterocycles. The average Bonchev–Trinajstić information content (AvgIpc) is 3.38. The minimum absolute atomic E-state index is 0.115. The normalized spacial score (nSPS) is 16.4. The molecule has 4 heterocycles. The predicted octanol–water partition coefficient (Wildman–Crippen LogP) is 3.96. The van der Waals surface area contributed by atoms with E-state index in [1.54, 1.807) is 15.2 Å². The van der Waals surface area contributed by atoms with Crippen LogP contribution in [0.3, 0.4) is 0 Å². The van der Waals surface area contributed by atoms with Gasteiger partial charge in [-0.3, -0.25) is 18.6 Å². The lowest BCUT2D eigenvalue weighted by Gasteiger charge is -2.19. The lowest BCUT2D eigenvalue weighted by Crippen LogP contribution is -2.33. The Labute approximate surface area is 175 Å². The zero-order chi connectivity index (χ0) is 21.6. The molecule has 0 bridgehead atoms. The van der Waals surface area contributed by atoms with Crippen molar-refractivity contribution in [1.29, 1.82) is 0 Å². The Kier molecular flexibility index (Phi) is 5.13. The number of likely N-dealkylation sites (tertiary alicyclic amines) is 1. The van der Waals surface area contributed by atoms with Gasteiger partial charge in [-0.1, -0.05) is 11.6 Å². The minimum atomic E-state index is -0.225. The van der Waals surface area contributed by atoms with E-state index < -0.39 is 0 Å². The molecule has 0 unspecified atom stereocenters. The maximum absolute atomic E-state index is 13.4. The fraction of sp³-hybridized carbons (Fsp3) is 0.435. The highest BCUT2D eigenvalue weighted by Gasteiger charge is 2.28. The van der Waals surface area contributed by atoms with Gasteiger partial charge >= 0.3 is 0 Å². The van der Waals surface area contributed by atoms with Crippen molar-refractivity contribution in [1.82, 2.24) is 18.9 Å². The number of fused-ring (bicyclic) bond motifs is 1. The summed E-state index contributed by atoms with van der Waals surface area (Å²) in [7, 11) is 0. The topological polar surface area (TPSA) is 72.8 Å². The van der Waals surface area contributed by atoms with Gasteiger partial charge in [-0.25, -0.2) is 4.98 Å². The largest absolute Gasteiger partial charge is 0.466 e. The van der Waals surface area contributed by atoms with Crippen molar-refractivity contribution in [2.24, 2.45) is 0 Å². The standard InChI is InChI=1S/C23H28N4O3/c1-14(2)8-10-27-20(18-11-16(4)30-17(18)5)13-25-12-19(24-21(25)23(27)29)22(28)26-9-6-7-15(26)3/h8,11-13,15H,6-7,9-10H2,1-5H3/t15-/m1/s1. The number of nitrogens with zero attached hydrogens (tertiary/aromatic N) is 4. The van der Waals surface area contributed by atoms with Crippen molar-refractivity contribution in [3.05, 3.63) is 57.7 Å². The molecule has 158 valence electrons. The molecule has 30 heavy (non-hydrogen) atoms. The molecule has 0 aliphatic carbocycles. The summed E-state index contributed by atoms with van der Waals surface area (Å²) < 4.78 is 9.07. The first-order valence-corrected chi connectivity index (χ1v) is 10.4. The van der Waals surface area contributed by atoms with Crippen LogP contribution in [-0.4, -0.2) is 37.3 Å². The molecule has 1 fully saturated rings. The lowest BCUT2D eigenvalue weighted by molar-refractivity contribution is 0.0742. The van der Waals surface area contributed by atoms with Crippen molar-refractivity contribution >= 4 is 11.6 Å². The van der Waals surface area contributed by atoms with Gasteiger partial charge in [-0.05, 0) is 53.5 Å². The van der Waals surface area contributed by atoms with E-state index in [1.807, 2.05) is 50.9 Å². The molecule has 7 nitrogen and oxygen atoms in total. The smallest absolute Gasteiger partial charge is 0.295 e. The fourth-order valence-electron chi connectivity index (χ4n) is 4.12. The van der Waals surface area contributed by atoms with Crippen LogP contribution in [0.1, 0.15) is 55.6 Å². The summed E-state index contributed by atoms with van der Waals surface area (Å²) in [5.74, 6) is 1.42. The third-order valence-electron chi connectivity index (χ3n) is 5.75. The van der Waals surface area contributed by atoms with E-state index >= 15 is 0 Å². The molecular formula is C23H28N4O3. The molecule has 0 aromatic carbocycles. The summed E-state index contributed by atoms with van der Waals surface area (Å²) in [6.45, 7) is 11.0. The number of rotatable bonds is 4. The monoisotopic (exact) mass is 408 g/mol. The number of carbonyl (C=O) groups is 1. The van der Waals surface area contributed by atoms with Gasteiger partial charge in [-0.2, -0.15) is 0 Å². The summed E-state index contributed by atoms with van der Waals surface area (Å²) >= 11 is 0. The number of hydrogen-bond acceptors (Lipinski definition) is 4. The molecule has 1 aliphatic rings. The van der Waals surface area contributed by atoms with Crippen LogP contribution in [0.15, 0.2) is 39.3 Å². The van der Waals surface area contributed by atoms with E-state index in [2.05, 4.69) is 11.9 Å². The average molecular weight is 409 g/mol. The molecule has 1 amide bonds. The van der Waals surface area contributed by atoms with Crippen LogP contribution in [0.2, 0.25) is 0 Å². The van der Waals surface area contributed by atoms with Gasteiger partial charge in [0.15, 0.2) is 0 Å². The van der Waals surface area contributed by atoms with E-state index in [0.29, 0.717) is 12.2 Å². The van der Waals surface area contributed by atoms with E-state index in [1.165, 1.54) is 0 Å². The Morgan fingerprint density at radius 3 is 2.67 bits per heavy atom. The predicted molar refractivity (Wildman–Crippen MR) is 116 cm³/mol. The van der Waals surface area contributed by atoms with Gasteiger partial charge < -0.3 is 9.32 Å². The number of hydrogen-bond donors (Lipinski definition) is 0. The third-order valence-corrected chi connectivity index (χ3v) is 5.75. The summed E-state index contributed by atoms with van der Waals surface area (Å²) in [6, 6.07) is 2.13. The van der Waals surface area contributed by atoms with E-state index in [9.17, 15) is 9.59 Å². The van der Waals surface area contributed by atoms with Crippen LogP contribution in [0.25, 0.3) is 16.9 Å². The van der Waals surface area contributed by atoms with Crippen LogP contribution < -0.4 is 5.56 Å². The highest BCUT2D eigenvalue weighted by Crippen LogP contribution is 2.27. The Morgan fingerprint density at radius 2 is 2.07 bits per heavy atom. The quantitative estimate of drug-likeness (QED) is 0.613. The molecule has 3 aromatic rings. The van der Waals surface area contributed by atoms with Gasteiger partial charge in [0.1, 0.15) is 17.2 Å². The van der Waals surface area contributed by atoms with Crippen molar-refractivity contribution < 1.29 is 9.21 Å². The van der Waals surface area contributed by atoms with Crippen molar-refractivity contribution in [3.63, 3.8) is 0 Å². The van der Waals surface area contributed by atoms with Crippen LogP contribution in [0.5, 0.6) is 0 Å². The van der Waals surface area contributed by atoms with Gasteiger partial charge in [-0.15, -0.1) is 0 Å². The molecule has 4 rings (SSSR count). The number of aryl methyl sites for hydroxylation is 2. The number of imidazole rings is 1. The van der Waals surface area contributed by atoms with E-state index in [-0.39, 0.29) is 23.2 Å². The fourth-order valence-corrected chi connectivity index (χ4v) is 4.12.